The number of nitrogens with one attached hydrogen (secondary N) is 1. The summed E-state index contributed by atoms with van der Waals surface area (Å²) in [5.74, 6) is 0. The molecule has 1 rings (SSSR count). The molecule has 1 heterocycles. The molecule has 1 aromatic rings. The number of rotatable bonds is 5. The number of hydrogen-bond donors (Lipinski definition) is 1. The monoisotopic (exact) mass is 192 g/mol. The van der Waals surface area contributed by atoms with Crippen molar-refractivity contribution in [1.82, 2.24) is 15.1 Å². The molecular formula is C10H16N4. The van der Waals surface area contributed by atoms with E-state index < -0.39 is 0 Å². The summed E-state index contributed by atoms with van der Waals surface area (Å²) in [6, 6.07) is 2.19. The minimum atomic E-state index is -0.0216. The van der Waals surface area contributed by atoms with Crippen molar-refractivity contribution in [1.29, 1.82) is 5.26 Å². The van der Waals surface area contributed by atoms with Gasteiger partial charge in [-0.1, -0.05) is 6.92 Å². The molecule has 0 aliphatic rings. The summed E-state index contributed by atoms with van der Waals surface area (Å²) < 4.78 is 1.79. The molecule has 0 saturated carbocycles. The van der Waals surface area contributed by atoms with Crippen LogP contribution in [0.4, 0.5) is 0 Å². The Kier molecular flexibility index (Phi) is 4.14. The van der Waals surface area contributed by atoms with Crippen LogP contribution < -0.4 is 5.32 Å². The molecule has 1 aromatic heterocycles. The van der Waals surface area contributed by atoms with Gasteiger partial charge in [0.15, 0.2) is 0 Å². The topological polar surface area (TPSA) is 53.6 Å². The molecule has 0 aliphatic heterocycles. The number of hydrogen-bond acceptors (Lipinski definition) is 3. The third kappa shape index (κ3) is 3.19. The molecule has 4 heteroatoms. The van der Waals surface area contributed by atoms with E-state index in [2.05, 4.69) is 16.5 Å². The van der Waals surface area contributed by atoms with Gasteiger partial charge < -0.3 is 5.32 Å². The molecule has 1 atom stereocenters. The van der Waals surface area contributed by atoms with Crippen molar-refractivity contribution >= 4 is 0 Å². The predicted molar refractivity (Wildman–Crippen MR) is 54.6 cm³/mol. The van der Waals surface area contributed by atoms with Gasteiger partial charge in [-0.25, -0.2) is 0 Å². The molecule has 0 aromatic carbocycles. The fraction of sp³-hybridized carbons (Fsp3) is 0.600. The van der Waals surface area contributed by atoms with Gasteiger partial charge in [0.05, 0.1) is 18.3 Å². The first-order chi connectivity index (χ1) is 6.76. The molecule has 76 valence electrons. The first-order valence-electron chi connectivity index (χ1n) is 4.86. The van der Waals surface area contributed by atoms with Crippen LogP contribution in [0.5, 0.6) is 0 Å². The van der Waals surface area contributed by atoms with Crippen LogP contribution in [-0.4, -0.2) is 22.4 Å². The Morgan fingerprint density at radius 1 is 1.71 bits per heavy atom. The second kappa shape index (κ2) is 5.40. The number of aryl methyl sites for hydroxylation is 1. The zero-order chi connectivity index (χ0) is 10.4. The van der Waals surface area contributed by atoms with Gasteiger partial charge in [0.2, 0.25) is 0 Å². The van der Waals surface area contributed by atoms with Crippen LogP contribution in [0.25, 0.3) is 0 Å². The summed E-state index contributed by atoms with van der Waals surface area (Å²) in [6.07, 6.45) is 5.62. The predicted octanol–water partition coefficient (Wildman–Crippen LogP) is 0.854. The first kappa shape index (κ1) is 10.7. The Balaban J connectivity index is 2.25. The third-order valence-corrected chi connectivity index (χ3v) is 2.13. The van der Waals surface area contributed by atoms with E-state index in [1.165, 1.54) is 5.56 Å². The highest BCUT2D eigenvalue weighted by molar-refractivity contribution is 5.04. The van der Waals surface area contributed by atoms with Crippen molar-refractivity contribution < 1.29 is 0 Å². The third-order valence-electron chi connectivity index (χ3n) is 2.13. The number of nitrogens with zero attached hydrogens (tertiary/aromatic N) is 3. The second-order valence-corrected chi connectivity index (χ2v) is 3.32. The second-order valence-electron chi connectivity index (χ2n) is 3.32. The lowest BCUT2D eigenvalue weighted by Crippen LogP contribution is -2.28. The highest BCUT2D eigenvalue weighted by atomic mass is 15.2. The van der Waals surface area contributed by atoms with Crippen LogP contribution in [0.1, 0.15) is 18.9 Å². The normalized spacial score (nSPS) is 12.4. The molecule has 0 bridgehead atoms. The van der Waals surface area contributed by atoms with Crippen molar-refractivity contribution in [3.8, 4) is 6.07 Å². The van der Waals surface area contributed by atoms with E-state index in [0.29, 0.717) is 0 Å². The van der Waals surface area contributed by atoms with E-state index in [1.807, 2.05) is 26.4 Å². The van der Waals surface area contributed by atoms with Gasteiger partial charge in [-0.05, 0) is 18.4 Å². The molecular weight excluding hydrogens is 176 g/mol. The molecule has 1 unspecified atom stereocenters. The summed E-state index contributed by atoms with van der Waals surface area (Å²) in [7, 11) is 1.90. The average molecular weight is 192 g/mol. The molecule has 0 aliphatic carbocycles. The minimum absolute atomic E-state index is 0.0216. The summed E-state index contributed by atoms with van der Waals surface area (Å²) in [5, 5.41) is 16.0. The molecule has 0 amide bonds. The van der Waals surface area contributed by atoms with Crippen LogP contribution in [0.15, 0.2) is 12.4 Å². The standard InChI is InChI=1S/C10H16N4/c1-3-10(6-11)12-5-4-9-7-13-14(2)8-9/h7-8,10,12H,3-5H2,1-2H3. The van der Waals surface area contributed by atoms with Crippen molar-refractivity contribution in [2.24, 2.45) is 7.05 Å². The lowest BCUT2D eigenvalue weighted by molar-refractivity contribution is 0.588. The average Bonchev–Trinajstić information content (AvgIpc) is 2.59. The summed E-state index contributed by atoms with van der Waals surface area (Å²) in [4.78, 5) is 0. The van der Waals surface area contributed by atoms with Crippen LogP contribution in [-0.2, 0) is 13.5 Å². The van der Waals surface area contributed by atoms with Gasteiger partial charge in [-0.3, -0.25) is 4.68 Å². The number of nitriles is 1. The van der Waals surface area contributed by atoms with Crippen molar-refractivity contribution in [2.45, 2.75) is 25.8 Å². The van der Waals surface area contributed by atoms with Gasteiger partial charge in [-0.2, -0.15) is 10.4 Å². The van der Waals surface area contributed by atoms with Crippen molar-refractivity contribution in [2.75, 3.05) is 6.54 Å². The highest BCUT2D eigenvalue weighted by Gasteiger charge is 2.02. The fourth-order valence-corrected chi connectivity index (χ4v) is 1.27. The highest BCUT2D eigenvalue weighted by Crippen LogP contribution is 1.97. The van der Waals surface area contributed by atoms with E-state index in [4.69, 9.17) is 5.26 Å². The zero-order valence-corrected chi connectivity index (χ0v) is 8.70. The van der Waals surface area contributed by atoms with Crippen molar-refractivity contribution in [3.05, 3.63) is 18.0 Å². The van der Waals surface area contributed by atoms with Crippen LogP contribution in [0.3, 0.4) is 0 Å². The molecule has 0 fully saturated rings. The maximum Gasteiger partial charge on any atom is 0.0950 e. The van der Waals surface area contributed by atoms with Crippen LogP contribution >= 0.6 is 0 Å². The summed E-state index contributed by atoms with van der Waals surface area (Å²) in [5.41, 5.74) is 1.20. The van der Waals surface area contributed by atoms with E-state index in [-0.39, 0.29) is 6.04 Å². The smallest absolute Gasteiger partial charge is 0.0950 e. The Morgan fingerprint density at radius 2 is 2.50 bits per heavy atom. The SMILES string of the molecule is CCC(C#N)NCCc1cnn(C)c1. The Morgan fingerprint density at radius 3 is 3.00 bits per heavy atom. The molecule has 4 nitrogen and oxygen atoms in total. The van der Waals surface area contributed by atoms with Crippen LogP contribution in [0, 0.1) is 11.3 Å². The molecule has 14 heavy (non-hydrogen) atoms. The number of aromatic nitrogens is 2. The molecule has 1 N–H and O–H groups in total. The van der Waals surface area contributed by atoms with Crippen LogP contribution in [0.2, 0.25) is 0 Å². The maximum atomic E-state index is 8.70. The van der Waals surface area contributed by atoms with E-state index >= 15 is 0 Å². The largest absolute Gasteiger partial charge is 0.302 e. The quantitative estimate of drug-likeness (QED) is 0.752. The first-order valence-corrected chi connectivity index (χ1v) is 4.86. The maximum absolute atomic E-state index is 8.70. The van der Waals surface area contributed by atoms with E-state index in [0.717, 1.165) is 19.4 Å². The zero-order valence-electron chi connectivity index (χ0n) is 8.70. The molecule has 0 spiro atoms. The minimum Gasteiger partial charge on any atom is -0.302 e. The lowest BCUT2D eigenvalue weighted by atomic mass is 10.2. The lowest BCUT2D eigenvalue weighted by Gasteiger charge is -2.07. The van der Waals surface area contributed by atoms with Gasteiger partial charge in [0.1, 0.15) is 0 Å². The van der Waals surface area contributed by atoms with Gasteiger partial charge in [0, 0.05) is 19.8 Å². The molecule has 0 radical (unpaired) electrons. The fourth-order valence-electron chi connectivity index (χ4n) is 1.27. The Bertz CT molecular complexity index is 310. The summed E-state index contributed by atoms with van der Waals surface area (Å²) >= 11 is 0. The molecule has 0 saturated heterocycles. The Hall–Kier alpha value is -1.34. The Labute approximate surface area is 84.5 Å². The van der Waals surface area contributed by atoms with E-state index in [1.54, 1.807) is 4.68 Å². The van der Waals surface area contributed by atoms with Gasteiger partial charge >= 0.3 is 0 Å². The summed E-state index contributed by atoms with van der Waals surface area (Å²) in [6.45, 7) is 2.84. The van der Waals surface area contributed by atoms with Crippen molar-refractivity contribution in [3.63, 3.8) is 0 Å². The van der Waals surface area contributed by atoms with Gasteiger partial charge in [-0.15, -0.1) is 0 Å². The van der Waals surface area contributed by atoms with E-state index in [9.17, 15) is 0 Å². The van der Waals surface area contributed by atoms with Gasteiger partial charge in [0.25, 0.3) is 0 Å².